The Morgan fingerprint density at radius 1 is 1.00 bits per heavy atom. The van der Waals surface area contributed by atoms with E-state index in [1.54, 1.807) is 0 Å². The highest BCUT2D eigenvalue weighted by molar-refractivity contribution is 5.64. The van der Waals surface area contributed by atoms with Crippen LogP contribution in [0.15, 0.2) is 48.8 Å². The van der Waals surface area contributed by atoms with Gasteiger partial charge in [-0.2, -0.15) is 0 Å². The first-order valence-corrected chi connectivity index (χ1v) is 6.49. The second-order valence-corrected chi connectivity index (χ2v) is 5.08. The highest BCUT2D eigenvalue weighted by atomic mass is 15.3. The molecular formula is C15H12N4+2. The number of benzene rings is 1. The summed E-state index contributed by atoms with van der Waals surface area (Å²) >= 11 is 0. The Bertz CT molecular complexity index is 818. The molecule has 0 radical (unpaired) electrons. The Morgan fingerprint density at radius 2 is 1.84 bits per heavy atom. The van der Waals surface area contributed by atoms with E-state index in [0.717, 1.165) is 19.0 Å². The lowest BCUT2D eigenvalue weighted by molar-refractivity contribution is -0.796. The van der Waals surface area contributed by atoms with Gasteiger partial charge in [-0.25, -0.2) is 4.98 Å². The van der Waals surface area contributed by atoms with E-state index in [2.05, 4.69) is 56.4 Å². The zero-order chi connectivity index (χ0) is 12.4. The molecule has 4 heteroatoms. The molecule has 0 fully saturated rings. The molecule has 0 N–H and O–H groups in total. The summed E-state index contributed by atoms with van der Waals surface area (Å²) in [6, 6.07) is 12.5. The van der Waals surface area contributed by atoms with E-state index in [4.69, 9.17) is 4.98 Å². The number of hydrogen-bond acceptors (Lipinski definition) is 1. The van der Waals surface area contributed by atoms with E-state index in [0.29, 0.717) is 0 Å². The number of nitrogens with zero attached hydrogens (tertiary/aromatic N) is 4. The van der Waals surface area contributed by atoms with Gasteiger partial charge in [0.2, 0.25) is 12.4 Å². The number of aromatic nitrogens is 4. The Balaban J connectivity index is 1.81. The van der Waals surface area contributed by atoms with E-state index in [9.17, 15) is 0 Å². The lowest BCUT2D eigenvalue weighted by Crippen LogP contribution is -2.45. The maximum absolute atomic E-state index is 4.85. The first-order valence-electron chi connectivity index (χ1n) is 6.49. The Hall–Kier alpha value is -2.49. The molecule has 1 aromatic carbocycles. The molecule has 2 aliphatic rings. The summed E-state index contributed by atoms with van der Waals surface area (Å²) in [5, 5.41) is 0. The summed E-state index contributed by atoms with van der Waals surface area (Å²) in [6.07, 6.45) is 4.27. The Kier molecular flexibility index (Phi) is 1.54. The van der Waals surface area contributed by atoms with E-state index < -0.39 is 0 Å². The standard InChI is InChI=1S/C15H12N4/c1-2-5-11(6-3-1)14-16-12-9-17-7-4-8-18-10-19(14)13(12)15(17)18/h1-8H,9-10H2/q+2. The molecule has 3 aromatic rings. The molecule has 0 atom stereocenters. The molecule has 19 heavy (non-hydrogen) atoms. The average molecular weight is 248 g/mol. The van der Waals surface area contributed by atoms with Crippen molar-refractivity contribution in [3.05, 3.63) is 54.5 Å². The van der Waals surface area contributed by atoms with Crippen LogP contribution in [0.1, 0.15) is 5.69 Å². The van der Waals surface area contributed by atoms with Crippen molar-refractivity contribution in [3.8, 4) is 22.9 Å². The highest BCUT2D eigenvalue weighted by Gasteiger charge is 2.47. The van der Waals surface area contributed by atoms with Crippen LogP contribution in [0.4, 0.5) is 0 Å². The van der Waals surface area contributed by atoms with Gasteiger partial charge in [-0.15, -0.1) is 9.13 Å². The molecule has 90 valence electrons. The van der Waals surface area contributed by atoms with E-state index in [-0.39, 0.29) is 0 Å². The molecule has 2 aliphatic heterocycles. The summed E-state index contributed by atoms with van der Waals surface area (Å²) < 4.78 is 6.89. The maximum atomic E-state index is 4.85. The lowest BCUT2D eigenvalue weighted by Gasteiger charge is -2.00. The second-order valence-electron chi connectivity index (χ2n) is 5.08. The van der Waals surface area contributed by atoms with Gasteiger partial charge in [-0.05, 0) is 0 Å². The van der Waals surface area contributed by atoms with Gasteiger partial charge in [0.05, 0.1) is 6.07 Å². The number of imidazole rings is 1. The molecule has 0 saturated heterocycles. The van der Waals surface area contributed by atoms with Gasteiger partial charge < -0.3 is 0 Å². The van der Waals surface area contributed by atoms with Crippen LogP contribution >= 0.6 is 0 Å². The summed E-state index contributed by atoms with van der Waals surface area (Å²) in [6.45, 7) is 1.75. The van der Waals surface area contributed by atoms with Gasteiger partial charge in [0.25, 0.3) is 0 Å². The normalized spacial score (nSPS) is 13.9. The minimum atomic E-state index is 0.864. The van der Waals surface area contributed by atoms with Gasteiger partial charge in [-0.3, -0.25) is 4.57 Å². The third kappa shape index (κ3) is 1.07. The highest BCUT2D eigenvalue weighted by Crippen LogP contribution is 2.32. The van der Waals surface area contributed by atoms with E-state index in [1.807, 2.05) is 6.07 Å². The largest absolute Gasteiger partial charge is 0.472 e. The molecule has 0 bridgehead atoms. The van der Waals surface area contributed by atoms with E-state index >= 15 is 0 Å². The molecule has 0 amide bonds. The Morgan fingerprint density at radius 3 is 2.74 bits per heavy atom. The fraction of sp³-hybridized carbons (Fsp3) is 0.133. The predicted octanol–water partition coefficient (Wildman–Crippen LogP) is 0.973. The lowest BCUT2D eigenvalue weighted by atomic mass is 10.2. The van der Waals surface area contributed by atoms with Crippen LogP contribution in [0.5, 0.6) is 0 Å². The summed E-state index contributed by atoms with van der Waals surface area (Å²) in [4.78, 5) is 4.85. The second kappa shape index (κ2) is 3.09. The van der Waals surface area contributed by atoms with Crippen molar-refractivity contribution in [1.29, 1.82) is 0 Å². The zero-order valence-electron chi connectivity index (χ0n) is 10.3. The minimum Gasteiger partial charge on any atom is -0.254 e. The van der Waals surface area contributed by atoms with Gasteiger partial charge in [0.15, 0.2) is 18.9 Å². The van der Waals surface area contributed by atoms with Gasteiger partial charge in [-0.1, -0.05) is 30.3 Å². The molecule has 4 nitrogen and oxygen atoms in total. The van der Waals surface area contributed by atoms with Crippen LogP contribution in [-0.4, -0.2) is 9.55 Å². The third-order valence-corrected chi connectivity index (χ3v) is 3.97. The summed E-state index contributed by atoms with van der Waals surface area (Å²) in [5.41, 5.74) is 3.67. The molecule has 0 spiro atoms. The fourth-order valence-electron chi connectivity index (χ4n) is 3.19. The van der Waals surface area contributed by atoms with Crippen molar-refractivity contribution in [2.24, 2.45) is 0 Å². The fourth-order valence-corrected chi connectivity index (χ4v) is 3.19. The van der Waals surface area contributed by atoms with Crippen LogP contribution in [0.2, 0.25) is 0 Å². The molecule has 0 unspecified atom stereocenters. The first-order chi connectivity index (χ1) is 9.42. The van der Waals surface area contributed by atoms with Crippen LogP contribution < -0.4 is 9.13 Å². The van der Waals surface area contributed by atoms with E-state index in [1.165, 1.54) is 22.8 Å². The van der Waals surface area contributed by atoms with Crippen molar-refractivity contribution in [2.45, 2.75) is 13.2 Å². The van der Waals surface area contributed by atoms with Crippen molar-refractivity contribution >= 4 is 0 Å². The van der Waals surface area contributed by atoms with Gasteiger partial charge in [0.1, 0.15) is 11.5 Å². The smallest absolute Gasteiger partial charge is 0.254 e. The molecule has 4 heterocycles. The van der Waals surface area contributed by atoms with Crippen molar-refractivity contribution in [2.75, 3.05) is 0 Å². The van der Waals surface area contributed by atoms with Crippen LogP contribution in [0, 0.1) is 0 Å². The van der Waals surface area contributed by atoms with Crippen molar-refractivity contribution in [1.82, 2.24) is 9.55 Å². The summed E-state index contributed by atoms with van der Waals surface area (Å²) in [5.74, 6) is 2.37. The average Bonchev–Trinajstić information content (AvgIpc) is 3.09. The monoisotopic (exact) mass is 248 g/mol. The predicted molar refractivity (Wildman–Crippen MR) is 68.0 cm³/mol. The quantitative estimate of drug-likeness (QED) is 0.406. The number of hydrogen-bond donors (Lipinski definition) is 0. The van der Waals surface area contributed by atoms with Crippen LogP contribution in [0.25, 0.3) is 22.9 Å². The first kappa shape index (κ1) is 9.44. The molecular weight excluding hydrogens is 236 g/mol. The van der Waals surface area contributed by atoms with Crippen molar-refractivity contribution < 1.29 is 9.13 Å². The molecule has 2 aromatic heterocycles. The topological polar surface area (TPSA) is 25.6 Å². The van der Waals surface area contributed by atoms with Crippen molar-refractivity contribution in [3.63, 3.8) is 0 Å². The van der Waals surface area contributed by atoms with Gasteiger partial charge >= 0.3 is 5.82 Å². The molecule has 0 saturated carbocycles. The minimum absolute atomic E-state index is 0.864. The SMILES string of the molecule is c1ccc(-c2nc3c4n2C[n+]2ccc[n+](c2-4)C3)cc1. The third-order valence-electron chi connectivity index (χ3n) is 3.97. The van der Waals surface area contributed by atoms with Crippen LogP contribution in [0.3, 0.4) is 0 Å². The molecule has 5 rings (SSSR count). The Labute approximate surface area is 110 Å². The van der Waals surface area contributed by atoms with Crippen LogP contribution in [-0.2, 0) is 13.2 Å². The zero-order valence-corrected chi connectivity index (χ0v) is 10.3. The molecule has 0 aliphatic carbocycles. The maximum Gasteiger partial charge on any atom is 0.472 e. The number of rotatable bonds is 1. The van der Waals surface area contributed by atoms with Gasteiger partial charge in [0, 0.05) is 5.56 Å². The summed E-state index contributed by atoms with van der Waals surface area (Å²) in [7, 11) is 0.